The molecule has 2 aliphatic rings. The monoisotopic (exact) mass is 380 g/mol. The molecular weight excluding hydrogens is 356 g/mol. The first-order valence-corrected chi connectivity index (χ1v) is 10.0. The van der Waals surface area contributed by atoms with Crippen molar-refractivity contribution in [2.45, 2.75) is 25.2 Å². The number of nitrogens with zero attached hydrogens (tertiary/aromatic N) is 5. The molecule has 28 heavy (non-hydrogen) atoms. The lowest BCUT2D eigenvalue weighted by molar-refractivity contribution is 0.0378. The third-order valence-electron chi connectivity index (χ3n) is 5.32. The summed E-state index contributed by atoms with van der Waals surface area (Å²) < 4.78 is 10.9. The zero-order chi connectivity index (χ0) is 18.8. The zero-order valence-electron chi connectivity index (χ0n) is 15.8. The average Bonchev–Trinajstić information content (AvgIpc) is 3.49. The molecule has 8 nitrogen and oxygen atoms in total. The topological polar surface area (TPSA) is 89.2 Å². The van der Waals surface area contributed by atoms with E-state index >= 15 is 0 Å². The summed E-state index contributed by atoms with van der Waals surface area (Å²) in [4.78, 5) is 6.97. The van der Waals surface area contributed by atoms with Gasteiger partial charge >= 0.3 is 0 Å². The molecule has 1 aromatic carbocycles. The Morgan fingerprint density at radius 3 is 2.71 bits per heavy atom. The molecule has 0 radical (unpaired) electrons. The number of anilines is 1. The highest BCUT2D eigenvalue weighted by molar-refractivity contribution is 5.98. The van der Waals surface area contributed by atoms with Crippen molar-refractivity contribution in [1.29, 1.82) is 0 Å². The van der Waals surface area contributed by atoms with Gasteiger partial charge in [0.1, 0.15) is 0 Å². The van der Waals surface area contributed by atoms with Crippen LogP contribution in [0.3, 0.4) is 0 Å². The van der Waals surface area contributed by atoms with Crippen LogP contribution in [0.2, 0.25) is 0 Å². The normalized spacial score (nSPS) is 17.9. The van der Waals surface area contributed by atoms with Crippen LogP contribution < -0.4 is 5.32 Å². The molecule has 1 aliphatic heterocycles. The van der Waals surface area contributed by atoms with Crippen molar-refractivity contribution in [1.82, 2.24) is 25.2 Å². The summed E-state index contributed by atoms with van der Waals surface area (Å²) in [6.45, 7) is 5.62. The van der Waals surface area contributed by atoms with Gasteiger partial charge in [-0.25, -0.2) is 0 Å². The summed E-state index contributed by atoms with van der Waals surface area (Å²) in [6.07, 6.45) is 3.32. The second-order valence-corrected chi connectivity index (χ2v) is 7.41. The fraction of sp³-hybridized carbons (Fsp3) is 0.500. The number of rotatable bonds is 7. The molecule has 0 atom stereocenters. The van der Waals surface area contributed by atoms with E-state index in [0.29, 0.717) is 17.5 Å². The van der Waals surface area contributed by atoms with Gasteiger partial charge in [0.25, 0.3) is 5.89 Å². The van der Waals surface area contributed by atoms with Gasteiger partial charge in [0.2, 0.25) is 0 Å². The molecule has 1 N–H and O–H groups in total. The fourth-order valence-corrected chi connectivity index (χ4v) is 3.57. The highest BCUT2D eigenvalue weighted by atomic mass is 16.5. The third-order valence-corrected chi connectivity index (χ3v) is 5.32. The molecular formula is C20H24N6O2. The summed E-state index contributed by atoms with van der Waals surface area (Å²) in [7, 11) is 0. The van der Waals surface area contributed by atoms with E-state index in [0.717, 1.165) is 81.1 Å². The number of aromatic nitrogens is 4. The Morgan fingerprint density at radius 2 is 1.89 bits per heavy atom. The molecule has 0 bridgehead atoms. The molecule has 1 saturated heterocycles. The minimum absolute atomic E-state index is 0.448. The van der Waals surface area contributed by atoms with Crippen molar-refractivity contribution in [3.63, 3.8) is 0 Å². The van der Waals surface area contributed by atoms with Crippen LogP contribution in [0.4, 0.5) is 5.82 Å². The Bertz CT molecular complexity index is 949. The molecule has 3 heterocycles. The van der Waals surface area contributed by atoms with Gasteiger partial charge in [0.05, 0.1) is 13.2 Å². The van der Waals surface area contributed by atoms with Crippen molar-refractivity contribution in [2.24, 2.45) is 0 Å². The highest BCUT2D eigenvalue weighted by Gasteiger charge is 2.29. The van der Waals surface area contributed by atoms with Crippen LogP contribution in [0.5, 0.6) is 0 Å². The maximum Gasteiger partial charge on any atom is 0.279 e. The van der Waals surface area contributed by atoms with Crippen molar-refractivity contribution in [3.8, 4) is 11.6 Å². The van der Waals surface area contributed by atoms with Gasteiger partial charge in [0.15, 0.2) is 17.3 Å². The van der Waals surface area contributed by atoms with Crippen LogP contribution in [0.25, 0.3) is 22.4 Å². The fourth-order valence-electron chi connectivity index (χ4n) is 3.57. The SMILES string of the molecule is c1ccc2c(-c3nc(C4CC4)no3)nnc(NCCCN3CCOCC3)c2c1. The van der Waals surface area contributed by atoms with Gasteiger partial charge in [-0.15, -0.1) is 10.2 Å². The summed E-state index contributed by atoms with van der Waals surface area (Å²) in [5.41, 5.74) is 0.647. The molecule has 0 amide bonds. The lowest BCUT2D eigenvalue weighted by Gasteiger charge is -2.26. The standard InChI is InChI=1S/C20H24N6O2/c1-2-5-16-15(4-1)17(20-22-18(25-28-20)14-6-7-14)23-24-19(16)21-8-3-9-26-10-12-27-13-11-26/h1-2,4-5,14H,3,6-13H2,(H,21,24). The molecule has 2 aromatic heterocycles. The number of benzene rings is 1. The minimum atomic E-state index is 0.448. The van der Waals surface area contributed by atoms with Gasteiger partial charge in [-0.3, -0.25) is 4.90 Å². The van der Waals surface area contributed by atoms with Crippen LogP contribution >= 0.6 is 0 Å². The molecule has 1 saturated carbocycles. The first-order chi connectivity index (χ1) is 13.9. The quantitative estimate of drug-likeness (QED) is 0.626. The molecule has 1 aliphatic carbocycles. The Morgan fingerprint density at radius 1 is 1.07 bits per heavy atom. The number of nitrogens with one attached hydrogen (secondary N) is 1. The minimum Gasteiger partial charge on any atom is -0.379 e. The van der Waals surface area contributed by atoms with E-state index in [9.17, 15) is 0 Å². The van der Waals surface area contributed by atoms with Gasteiger partial charge in [-0.2, -0.15) is 4.98 Å². The molecule has 2 fully saturated rings. The van der Waals surface area contributed by atoms with Crippen LogP contribution in [0.1, 0.15) is 31.0 Å². The van der Waals surface area contributed by atoms with E-state index in [4.69, 9.17) is 9.26 Å². The van der Waals surface area contributed by atoms with Crippen molar-refractivity contribution in [3.05, 3.63) is 30.1 Å². The molecule has 8 heteroatoms. The molecule has 5 rings (SSSR count). The lowest BCUT2D eigenvalue weighted by atomic mass is 10.1. The van der Waals surface area contributed by atoms with Gasteiger partial charge in [-0.1, -0.05) is 29.4 Å². The third kappa shape index (κ3) is 3.70. The molecule has 3 aromatic rings. The second-order valence-electron chi connectivity index (χ2n) is 7.41. The average molecular weight is 380 g/mol. The van der Waals surface area contributed by atoms with Gasteiger partial charge in [0, 0.05) is 36.3 Å². The van der Waals surface area contributed by atoms with E-state index in [-0.39, 0.29) is 0 Å². The molecule has 146 valence electrons. The molecule has 0 spiro atoms. The maximum absolute atomic E-state index is 5.47. The summed E-state index contributed by atoms with van der Waals surface area (Å²) in [5, 5.41) is 18.4. The van der Waals surface area contributed by atoms with Gasteiger partial charge in [-0.05, 0) is 25.8 Å². The van der Waals surface area contributed by atoms with Crippen molar-refractivity contribution in [2.75, 3.05) is 44.7 Å². The van der Waals surface area contributed by atoms with E-state index in [2.05, 4.69) is 36.6 Å². The number of hydrogen-bond acceptors (Lipinski definition) is 8. The Hall–Kier alpha value is -2.58. The smallest absolute Gasteiger partial charge is 0.279 e. The summed E-state index contributed by atoms with van der Waals surface area (Å²) in [6, 6.07) is 8.08. The maximum atomic E-state index is 5.47. The van der Waals surface area contributed by atoms with E-state index in [1.807, 2.05) is 18.2 Å². The van der Waals surface area contributed by atoms with Crippen LogP contribution in [-0.4, -0.2) is 64.6 Å². The van der Waals surface area contributed by atoms with Crippen molar-refractivity contribution < 1.29 is 9.26 Å². The van der Waals surface area contributed by atoms with E-state index in [1.165, 1.54) is 0 Å². The second kappa shape index (κ2) is 7.81. The number of hydrogen-bond donors (Lipinski definition) is 1. The summed E-state index contributed by atoms with van der Waals surface area (Å²) >= 11 is 0. The molecule has 0 unspecified atom stereocenters. The highest BCUT2D eigenvalue weighted by Crippen LogP contribution is 2.39. The lowest BCUT2D eigenvalue weighted by Crippen LogP contribution is -2.37. The predicted octanol–water partition coefficient (Wildman–Crippen LogP) is 2.69. The predicted molar refractivity (Wildman–Crippen MR) is 105 cm³/mol. The van der Waals surface area contributed by atoms with Crippen molar-refractivity contribution >= 4 is 16.6 Å². The largest absolute Gasteiger partial charge is 0.379 e. The van der Waals surface area contributed by atoms with Crippen LogP contribution in [-0.2, 0) is 4.74 Å². The Kier molecular flexibility index (Phi) is 4.88. The Balaban J connectivity index is 1.31. The first kappa shape index (κ1) is 17.5. The first-order valence-electron chi connectivity index (χ1n) is 10.0. The number of morpholine rings is 1. The van der Waals surface area contributed by atoms with Crippen LogP contribution in [0, 0.1) is 0 Å². The van der Waals surface area contributed by atoms with E-state index in [1.54, 1.807) is 0 Å². The van der Waals surface area contributed by atoms with Gasteiger partial charge < -0.3 is 14.6 Å². The number of fused-ring (bicyclic) bond motifs is 1. The number of ether oxygens (including phenoxy) is 1. The zero-order valence-corrected chi connectivity index (χ0v) is 15.8. The van der Waals surface area contributed by atoms with E-state index < -0.39 is 0 Å². The Labute approximate surface area is 163 Å². The van der Waals surface area contributed by atoms with Crippen LogP contribution in [0.15, 0.2) is 28.8 Å². The summed E-state index contributed by atoms with van der Waals surface area (Å²) in [5.74, 6) is 2.48.